The Bertz CT molecular complexity index is 1630. The van der Waals surface area contributed by atoms with E-state index in [0.29, 0.717) is 0 Å². The van der Waals surface area contributed by atoms with Gasteiger partial charge < -0.3 is 17.7 Å². The fourth-order valence-electron chi connectivity index (χ4n) is 6.75. The van der Waals surface area contributed by atoms with Gasteiger partial charge in [0.15, 0.2) is 33.3 Å². The summed E-state index contributed by atoms with van der Waals surface area (Å²) in [7, 11) is -5.58. The standard InChI is InChI=1S/4C10H15OSi.10C4H9.5Sn/c4*1-12(2,3)11-9-10-7-5-4-6-8-10;10*1-3-4-2;;;;;/h4*4-9H,1-3H3;10*1,3-4H2,2H3;;;;;/q4*-1;;;;;;;;;;;;;;;. The van der Waals surface area contributed by atoms with Crippen molar-refractivity contribution >= 4 is 139 Å². The number of unbranched alkanes of at least 4 members (excludes halogenated alkanes) is 10. The molecule has 0 bridgehead atoms. The molecule has 534 valence electrons. The quantitative estimate of drug-likeness (QED) is 0.0252. The summed E-state index contributed by atoms with van der Waals surface area (Å²) in [4.78, 5) is 0. The fraction of sp³-hybridized carbons (Fsp3) is 0.650. The molecule has 0 aliphatic carbocycles. The van der Waals surface area contributed by atoms with E-state index in [2.05, 4.69) is 148 Å². The number of hydrogen-bond acceptors (Lipinski definition) is 4. The first-order valence-electron chi connectivity index (χ1n) is 37.2. The molecular weight excluding hydrogens is 1730 g/mol. The summed E-state index contributed by atoms with van der Waals surface area (Å²) in [5.41, 5.74) is 4.56. The van der Waals surface area contributed by atoms with Crippen LogP contribution in [0, 0.1) is 26.4 Å². The fourth-order valence-corrected chi connectivity index (χ4v) is 29.5. The van der Waals surface area contributed by atoms with Gasteiger partial charge in [-0.15, -0.1) is 48.5 Å². The first-order valence-corrected chi connectivity index (χ1v) is 71.0. The third kappa shape index (κ3) is 102. The molecule has 4 aromatic carbocycles. The first-order chi connectivity index (χ1) is 44.4. The van der Waals surface area contributed by atoms with Crippen molar-refractivity contribution in [2.75, 3.05) is 0 Å². The zero-order chi connectivity index (χ0) is 70.9. The largest absolute Gasteiger partial charge is 0.450 e. The van der Waals surface area contributed by atoms with E-state index in [1.54, 1.807) is 44.4 Å². The topological polar surface area (TPSA) is 36.9 Å². The molecule has 0 aliphatic heterocycles. The molecule has 0 aromatic heterocycles. The third-order valence-electron chi connectivity index (χ3n) is 12.5. The molecule has 0 heterocycles. The Morgan fingerprint density at radius 2 is 0.333 bits per heavy atom. The number of hydrogen-bond donors (Lipinski definition) is 0. The molecule has 0 N–H and O–H groups in total. The zero-order valence-corrected chi connectivity index (χ0v) is 83.5. The van der Waals surface area contributed by atoms with Crippen LogP contribution in [0.1, 0.15) is 220 Å². The Kier molecular flexibility index (Phi) is 87.0. The molecule has 0 saturated carbocycles. The van der Waals surface area contributed by atoms with E-state index in [-0.39, 0.29) is 106 Å². The van der Waals surface area contributed by atoms with Crippen molar-refractivity contribution in [3.63, 3.8) is 0 Å². The van der Waals surface area contributed by atoms with Crippen LogP contribution in [0.25, 0.3) is 0 Å². The van der Waals surface area contributed by atoms with Crippen LogP contribution < -0.4 is 0 Å². The summed E-state index contributed by atoms with van der Waals surface area (Å²) in [5.74, 6) is 0. The Hall–Kier alpha value is 1.06. The van der Waals surface area contributed by atoms with Crippen LogP contribution in [0.15, 0.2) is 121 Å². The van der Waals surface area contributed by atoms with Gasteiger partial charge in [0.1, 0.15) is 0 Å². The van der Waals surface area contributed by atoms with E-state index < -0.39 is 33.3 Å². The Balaban J connectivity index is -0.000000314. The molecule has 4 rings (SSSR count). The Morgan fingerprint density at radius 3 is 0.430 bits per heavy atom. The zero-order valence-electron chi connectivity index (χ0n) is 65.2. The second-order valence-electron chi connectivity index (χ2n) is 27.3. The van der Waals surface area contributed by atoms with E-state index in [0.717, 1.165) is 22.3 Å². The van der Waals surface area contributed by atoms with E-state index in [4.69, 9.17) is 17.7 Å². The Labute approximate surface area is 639 Å². The van der Waals surface area contributed by atoms with Crippen molar-refractivity contribution < 1.29 is 17.7 Å². The predicted octanol–water partition coefficient (Wildman–Crippen LogP) is 27.8. The van der Waals surface area contributed by atoms with Crippen LogP contribution in [0.4, 0.5) is 0 Å². The maximum Gasteiger partial charge on any atom is 0.173 e. The van der Waals surface area contributed by atoms with Crippen molar-refractivity contribution in [3.8, 4) is 0 Å². The molecule has 0 aliphatic rings. The molecular formula is C80H150O4Si4Sn5-4. The van der Waals surface area contributed by atoms with Gasteiger partial charge in [0.2, 0.25) is 0 Å². The average molecular weight is 1880 g/mol. The number of rotatable bonds is 42. The number of benzene rings is 4. The van der Waals surface area contributed by atoms with Crippen LogP contribution in [0.5, 0.6) is 0 Å². The summed E-state index contributed by atoms with van der Waals surface area (Å²) in [6, 6.07) is 40.5. The van der Waals surface area contributed by atoms with Gasteiger partial charge in [0.05, 0.1) is 0 Å². The molecule has 0 unspecified atom stereocenters. The molecule has 0 atom stereocenters. The summed E-state index contributed by atoms with van der Waals surface area (Å²) in [6.07, 6.45) is 29.2. The van der Waals surface area contributed by atoms with Gasteiger partial charge in [-0.05, 0) is 78.6 Å². The van der Waals surface area contributed by atoms with E-state index in [9.17, 15) is 0 Å². The SMILES string of the molecule is CCC[CH2][Sn][CH2]CCC.CCC[CH2][Sn][CH2]CCC.CCC[CH2][Sn][CH2]CCC.CCC[CH2][Sn][CH2]CCC.CCC[CH2][Sn][CH2]CCC.C[Si](C)(C)O[CH-]c1ccccc1.C[Si](C)(C)O[CH-]c1ccccc1.C[Si](C)(C)O[CH-]c1ccccc1.C[Si](C)(C)O[CH-]c1ccccc1. The van der Waals surface area contributed by atoms with Gasteiger partial charge in [-0.1, -0.05) is 50.7 Å². The van der Waals surface area contributed by atoms with Crippen LogP contribution in [-0.4, -0.2) is 139 Å². The van der Waals surface area contributed by atoms with E-state index in [1.807, 2.05) is 148 Å². The summed E-state index contributed by atoms with van der Waals surface area (Å²) < 4.78 is 38.8. The molecule has 4 nitrogen and oxygen atoms in total. The minimum absolute atomic E-state index is 0.149. The molecule has 0 fully saturated rings. The second-order valence-corrected chi connectivity index (χ2v) is 66.6. The molecule has 0 saturated heterocycles. The molecule has 4 aromatic rings. The van der Waals surface area contributed by atoms with Crippen molar-refractivity contribution in [1.29, 1.82) is 0 Å². The van der Waals surface area contributed by atoms with Gasteiger partial charge >= 0.3 is 348 Å². The smallest absolute Gasteiger partial charge is 0.173 e. The third-order valence-corrected chi connectivity index (χ3v) is 35.9. The van der Waals surface area contributed by atoms with Crippen molar-refractivity contribution in [2.24, 2.45) is 0 Å². The van der Waals surface area contributed by atoms with Crippen LogP contribution in [0.2, 0.25) is 123 Å². The monoisotopic (exact) mass is 1890 g/mol. The van der Waals surface area contributed by atoms with Crippen LogP contribution >= 0.6 is 0 Å². The van der Waals surface area contributed by atoms with Crippen molar-refractivity contribution in [1.82, 2.24) is 0 Å². The molecule has 93 heavy (non-hydrogen) atoms. The van der Waals surface area contributed by atoms with Crippen molar-refractivity contribution in [2.45, 2.75) is 321 Å². The molecule has 0 spiro atoms. The maximum absolute atomic E-state index is 5.63. The molecule has 0 amide bonds. The maximum atomic E-state index is 5.63. The average Bonchev–Trinajstić information content (AvgIpc) is 3.76. The summed E-state index contributed by atoms with van der Waals surface area (Å²) in [6.45, 7) is 56.4. The molecule has 10 radical (unpaired) electrons. The normalized spacial score (nSPS) is 10.6. The first kappa shape index (κ1) is 103. The van der Waals surface area contributed by atoms with Gasteiger partial charge in [-0.3, -0.25) is 0 Å². The van der Waals surface area contributed by atoms with Crippen LogP contribution in [-0.2, 0) is 17.7 Å². The van der Waals surface area contributed by atoms with Gasteiger partial charge in [0.25, 0.3) is 0 Å². The Morgan fingerprint density at radius 1 is 0.215 bits per heavy atom. The predicted molar refractivity (Wildman–Crippen MR) is 443 cm³/mol. The van der Waals surface area contributed by atoms with E-state index >= 15 is 0 Å². The minimum Gasteiger partial charge on any atom is -0.450 e. The molecule has 13 heteroatoms. The van der Waals surface area contributed by atoms with Gasteiger partial charge in [-0.25, -0.2) is 0 Å². The summed E-state index contributed by atoms with van der Waals surface area (Å²) in [5, 5.41) is 0. The van der Waals surface area contributed by atoms with Crippen LogP contribution in [0.3, 0.4) is 0 Å². The minimum atomic E-state index is -1.40. The summed E-state index contributed by atoms with van der Waals surface area (Å²) >= 11 is 0.747. The van der Waals surface area contributed by atoms with Gasteiger partial charge in [-0.2, -0.15) is 70.8 Å². The second kappa shape index (κ2) is 78.8. The van der Waals surface area contributed by atoms with Crippen molar-refractivity contribution in [3.05, 3.63) is 170 Å². The van der Waals surface area contributed by atoms with E-state index in [1.165, 1.54) is 128 Å². The van der Waals surface area contributed by atoms with Gasteiger partial charge in [0, 0.05) is 0 Å².